The van der Waals surface area contributed by atoms with Crippen LogP contribution < -0.4 is 0 Å². The molecule has 0 aliphatic carbocycles. The molecule has 0 aromatic carbocycles. The van der Waals surface area contributed by atoms with Crippen molar-refractivity contribution >= 4 is 38.7 Å². The molecular weight excluding hydrogens is 247 g/mol. The fraction of sp³-hybridized carbons (Fsp3) is 0.667. The van der Waals surface area contributed by atoms with Gasteiger partial charge in [0, 0.05) is 0 Å². The van der Waals surface area contributed by atoms with Crippen LogP contribution in [-0.2, 0) is 7.45 Å². The van der Waals surface area contributed by atoms with Gasteiger partial charge in [-0.1, -0.05) is 0 Å². The Kier molecular flexibility index (Phi) is 5.77. The second kappa shape index (κ2) is 6.38. The first-order valence-corrected chi connectivity index (χ1v) is 7.54. The summed E-state index contributed by atoms with van der Waals surface area (Å²) in [6.45, 7) is 1.60. The van der Waals surface area contributed by atoms with Crippen molar-refractivity contribution in [2.75, 3.05) is 24.7 Å². The van der Waals surface area contributed by atoms with Crippen molar-refractivity contribution in [2.24, 2.45) is 0 Å². The van der Waals surface area contributed by atoms with E-state index in [0.29, 0.717) is 0 Å². The second-order valence-electron chi connectivity index (χ2n) is 1.84. The Balaban J connectivity index is 2.26. The molecule has 1 aliphatic heterocycles. The van der Waals surface area contributed by atoms with Gasteiger partial charge in [0.2, 0.25) is 0 Å². The van der Waals surface area contributed by atoms with Crippen LogP contribution >= 0.6 is 23.4 Å². The molecule has 1 aliphatic rings. The van der Waals surface area contributed by atoms with E-state index >= 15 is 0 Å². The van der Waals surface area contributed by atoms with Gasteiger partial charge in [-0.25, -0.2) is 0 Å². The minimum absolute atomic E-state index is 0.798. The summed E-state index contributed by atoms with van der Waals surface area (Å²) in [4.78, 5) is 1.85. The SMILES string of the molecule is Cl/C=C/[As]1OCCSCCO1. The van der Waals surface area contributed by atoms with E-state index in [9.17, 15) is 0 Å². The Hall–Kier alpha value is 0.858. The summed E-state index contributed by atoms with van der Waals surface area (Å²) in [5.74, 6) is 2.15. The van der Waals surface area contributed by atoms with Crippen LogP contribution in [0.5, 0.6) is 0 Å². The molecule has 5 heteroatoms. The second-order valence-corrected chi connectivity index (χ2v) is 6.22. The van der Waals surface area contributed by atoms with Gasteiger partial charge in [-0.15, -0.1) is 0 Å². The molecule has 1 saturated heterocycles. The Morgan fingerprint density at radius 3 is 2.45 bits per heavy atom. The molecule has 1 fully saturated rings. The van der Waals surface area contributed by atoms with Crippen molar-refractivity contribution in [3.63, 3.8) is 0 Å². The van der Waals surface area contributed by atoms with Gasteiger partial charge in [-0.2, -0.15) is 0 Å². The first-order chi connectivity index (χ1) is 5.43. The number of thioether (sulfide) groups is 1. The van der Waals surface area contributed by atoms with Crippen LogP contribution in [0, 0.1) is 0 Å². The van der Waals surface area contributed by atoms with Crippen molar-refractivity contribution in [3.8, 4) is 0 Å². The Labute approximate surface area is 81.2 Å². The maximum atomic E-state index is 5.45. The van der Waals surface area contributed by atoms with E-state index in [-0.39, 0.29) is 0 Å². The molecule has 64 valence electrons. The molecule has 1 heterocycles. The molecule has 0 saturated carbocycles. The van der Waals surface area contributed by atoms with Crippen molar-refractivity contribution in [2.45, 2.75) is 0 Å². The zero-order chi connectivity index (χ0) is 7.94. The first-order valence-electron chi connectivity index (χ1n) is 3.33. The molecule has 0 aromatic rings. The molecule has 0 spiro atoms. The fourth-order valence-electron chi connectivity index (χ4n) is 0.644. The predicted molar refractivity (Wildman–Crippen MR) is 50.0 cm³/mol. The van der Waals surface area contributed by atoms with E-state index < -0.39 is 15.3 Å². The van der Waals surface area contributed by atoms with Gasteiger partial charge in [0.05, 0.1) is 0 Å². The van der Waals surface area contributed by atoms with Crippen LogP contribution in [-0.4, -0.2) is 40.1 Å². The fourth-order valence-corrected chi connectivity index (χ4v) is 4.11. The molecule has 0 atom stereocenters. The normalized spacial score (nSPS) is 23.4. The molecule has 0 radical (unpaired) electrons. The molecule has 1 rings (SSSR count). The number of hydrogen-bond donors (Lipinski definition) is 0. The molecule has 2 nitrogen and oxygen atoms in total. The van der Waals surface area contributed by atoms with Crippen LogP contribution in [0.2, 0.25) is 0 Å². The van der Waals surface area contributed by atoms with E-state index in [1.54, 1.807) is 0 Å². The van der Waals surface area contributed by atoms with Gasteiger partial charge >= 0.3 is 81.3 Å². The minimum atomic E-state index is -1.59. The third kappa shape index (κ3) is 4.44. The van der Waals surface area contributed by atoms with Gasteiger partial charge in [0.15, 0.2) is 0 Å². The summed E-state index contributed by atoms with van der Waals surface area (Å²) in [6, 6.07) is 0. The van der Waals surface area contributed by atoms with E-state index in [0.717, 1.165) is 24.7 Å². The third-order valence-corrected chi connectivity index (χ3v) is 5.15. The molecule has 0 bridgehead atoms. The van der Waals surface area contributed by atoms with E-state index in [1.807, 2.05) is 16.6 Å². The quantitative estimate of drug-likeness (QED) is 0.663. The summed E-state index contributed by atoms with van der Waals surface area (Å²) in [5, 5.41) is 0. The maximum absolute atomic E-state index is 5.45. The van der Waals surface area contributed by atoms with E-state index in [2.05, 4.69) is 0 Å². The van der Waals surface area contributed by atoms with Crippen molar-refractivity contribution < 1.29 is 7.45 Å². The first kappa shape index (κ1) is 9.94. The Morgan fingerprint density at radius 2 is 1.91 bits per heavy atom. The summed E-state index contributed by atoms with van der Waals surface area (Å²) in [7, 11) is 0. The average Bonchev–Trinajstić information content (AvgIpc) is 1.94. The van der Waals surface area contributed by atoms with Gasteiger partial charge in [-0.05, 0) is 0 Å². The molecule has 0 aromatic heterocycles. The zero-order valence-corrected chi connectivity index (χ0v) is 9.48. The van der Waals surface area contributed by atoms with Gasteiger partial charge in [-0.3, -0.25) is 0 Å². The predicted octanol–water partition coefficient (Wildman–Crippen LogP) is 1.55. The standard InChI is InChI=1S/C6H10AsClO2S/c8-2-1-7-9-3-5-11-6-4-10-7/h1-2H,3-6H2/b2-1+. The molecule has 0 amide bonds. The van der Waals surface area contributed by atoms with Crippen LogP contribution in [0.4, 0.5) is 0 Å². The molecular formula is C6H10AsClO2S. The third-order valence-electron chi connectivity index (χ3n) is 1.07. The van der Waals surface area contributed by atoms with Crippen LogP contribution in [0.25, 0.3) is 0 Å². The Bertz CT molecular complexity index is 126. The van der Waals surface area contributed by atoms with Crippen molar-refractivity contribution in [3.05, 3.63) is 10.4 Å². The summed E-state index contributed by atoms with van der Waals surface area (Å²) < 4.78 is 10.9. The van der Waals surface area contributed by atoms with E-state index in [4.69, 9.17) is 19.1 Å². The summed E-state index contributed by atoms with van der Waals surface area (Å²) in [5.41, 5.74) is 1.49. The molecule has 0 N–H and O–H groups in total. The Morgan fingerprint density at radius 1 is 1.27 bits per heavy atom. The van der Waals surface area contributed by atoms with Crippen LogP contribution in [0.1, 0.15) is 0 Å². The van der Waals surface area contributed by atoms with Gasteiger partial charge in [0.1, 0.15) is 0 Å². The monoisotopic (exact) mass is 256 g/mol. The summed E-state index contributed by atoms with van der Waals surface area (Å²) in [6.07, 6.45) is 0. The number of rotatable bonds is 1. The van der Waals surface area contributed by atoms with Gasteiger partial charge < -0.3 is 0 Å². The van der Waals surface area contributed by atoms with Gasteiger partial charge in [0.25, 0.3) is 0 Å². The molecule has 11 heavy (non-hydrogen) atoms. The topological polar surface area (TPSA) is 18.5 Å². The van der Waals surface area contributed by atoms with Crippen LogP contribution in [0.3, 0.4) is 0 Å². The molecule has 0 unspecified atom stereocenters. The van der Waals surface area contributed by atoms with E-state index in [1.165, 1.54) is 5.54 Å². The van der Waals surface area contributed by atoms with Crippen molar-refractivity contribution in [1.82, 2.24) is 0 Å². The number of hydrogen-bond acceptors (Lipinski definition) is 3. The van der Waals surface area contributed by atoms with Crippen LogP contribution in [0.15, 0.2) is 10.4 Å². The van der Waals surface area contributed by atoms with Crippen molar-refractivity contribution in [1.29, 1.82) is 0 Å². The zero-order valence-electron chi connectivity index (χ0n) is 6.03. The summed E-state index contributed by atoms with van der Waals surface area (Å²) >= 11 is 5.69. The number of halogens is 1. The average molecular weight is 257 g/mol.